The quantitative estimate of drug-likeness (QED) is 0.596. The van der Waals surface area contributed by atoms with Crippen LogP contribution in [0.25, 0.3) is 5.57 Å². The predicted molar refractivity (Wildman–Crippen MR) is 92.3 cm³/mol. The van der Waals surface area contributed by atoms with Crippen molar-refractivity contribution in [2.75, 3.05) is 0 Å². The van der Waals surface area contributed by atoms with Crippen LogP contribution in [0, 0.1) is 17.7 Å². The van der Waals surface area contributed by atoms with E-state index in [0.717, 1.165) is 29.9 Å². The number of halogens is 2. The molecule has 2 heteroatoms. The molecule has 0 aromatic heterocycles. The Bertz CT molecular complexity index is 594. The highest BCUT2D eigenvalue weighted by Crippen LogP contribution is 2.44. The maximum Gasteiger partial charge on any atom is 0.135 e. The van der Waals surface area contributed by atoms with Gasteiger partial charge in [0.1, 0.15) is 11.5 Å². The minimum atomic E-state index is -1.21. The molecule has 0 saturated heterocycles. The zero-order valence-electron chi connectivity index (χ0n) is 13.9. The SMILES string of the molecule is CCCC1CCC(C2(F)C=CC(c3cccc(F)c3)=CC2)CC1. The summed E-state index contributed by atoms with van der Waals surface area (Å²) in [6.45, 7) is 2.23. The third kappa shape index (κ3) is 3.73. The molecule has 3 rings (SSSR count). The Morgan fingerprint density at radius 1 is 1.17 bits per heavy atom. The molecule has 1 atom stereocenters. The third-order valence-electron chi connectivity index (χ3n) is 5.56. The van der Waals surface area contributed by atoms with Gasteiger partial charge in [-0.3, -0.25) is 0 Å². The first-order valence-electron chi connectivity index (χ1n) is 8.95. The number of alkyl halides is 1. The van der Waals surface area contributed by atoms with Crippen LogP contribution >= 0.6 is 0 Å². The van der Waals surface area contributed by atoms with Gasteiger partial charge in [-0.1, -0.05) is 56.9 Å². The number of rotatable bonds is 4. The normalized spacial score (nSPS) is 31.0. The molecule has 1 aromatic rings. The molecular formula is C21H26F2. The fourth-order valence-corrected chi connectivity index (χ4v) is 4.15. The highest BCUT2D eigenvalue weighted by molar-refractivity contribution is 5.75. The topological polar surface area (TPSA) is 0 Å². The van der Waals surface area contributed by atoms with Gasteiger partial charge in [0.15, 0.2) is 0 Å². The molecule has 0 radical (unpaired) electrons. The Balaban J connectivity index is 1.65. The summed E-state index contributed by atoms with van der Waals surface area (Å²) < 4.78 is 28.7. The Morgan fingerprint density at radius 2 is 1.96 bits per heavy atom. The first-order valence-corrected chi connectivity index (χ1v) is 8.95. The number of hydrogen-bond donors (Lipinski definition) is 0. The zero-order chi connectivity index (χ0) is 16.3. The minimum Gasteiger partial charge on any atom is -0.239 e. The molecular weight excluding hydrogens is 290 g/mol. The Kier molecular flexibility index (Phi) is 4.99. The van der Waals surface area contributed by atoms with Crippen molar-refractivity contribution in [2.45, 2.75) is 57.5 Å². The van der Waals surface area contributed by atoms with E-state index < -0.39 is 5.67 Å². The third-order valence-corrected chi connectivity index (χ3v) is 5.56. The van der Waals surface area contributed by atoms with E-state index in [2.05, 4.69) is 6.92 Å². The van der Waals surface area contributed by atoms with Gasteiger partial charge in [-0.15, -0.1) is 0 Å². The lowest BCUT2D eigenvalue weighted by molar-refractivity contribution is 0.0893. The van der Waals surface area contributed by atoms with Gasteiger partial charge < -0.3 is 0 Å². The second kappa shape index (κ2) is 6.98. The molecule has 1 saturated carbocycles. The molecule has 0 heterocycles. The second-order valence-corrected chi connectivity index (χ2v) is 7.14. The van der Waals surface area contributed by atoms with Crippen LogP contribution in [0.3, 0.4) is 0 Å². The van der Waals surface area contributed by atoms with Crippen molar-refractivity contribution < 1.29 is 8.78 Å². The molecule has 23 heavy (non-hydrogen) atoms. The molecule has 1 fully saturated rings. The molecule has 1 aromatic carbocycles. The lowest BCUT2D eigenvalue weighted by atomic mass is 9.71. The van der Waals surface area contributed by atoms with Crippen LogP contribution < -0.4 is 0 Å². The van der Waals surface area contributed by atoms with Crippen LogP contribution in [-0.2, 0) is 0 Å². The average Bonchev–Trinajstić information content (AvgIpc) is 2.56. The van der Waals surface area contributed by atoms with Gasteiger partial charge in [-0.25, -0.2) is 8.78 Å². The van der Waals surface area contributed by atoms with Gasteiger partial charge in [-0.2, -0.15) is 0 Å². The van der Waals surface area contributed by atoms with Crippen molar-refractivity contribution in [1.29, 1.82) is 0 Å². The van der Waals surface area contributed by atoms with Crippen LogP contribution in [0.15, 0.2) is 42.5 Å². The van der Waals surface area contributed by atoms with Crippen LogP contribution in [0.1, 0.15) is 57.4 Å². The largest absolute Gasteiger partial charge is 0.239 e. The van der Waals surface area contributed by atoms with Gasteiger partial charge >= 0.3 is 0 Å². The summed E-state index contributed by atoms with van der Waals surface area (Å²) in [5.41, 5.74) is 0.543. The Labute approximate surface area is 138 Å². The van der Waals surface area contributed by atoms with Crippen molar-refractivity contribution >= 4 is 5.57 Å². The summed E-state index contributed by atoms with van der Waals surface area (Å²) in [4.78, 5) is 0. The lowest BCUT2D eigenvalue weighted by Crippen LogP contribution is -2.34. The molecule has 0 N–H and O–H groups in total. The molecule has 0 spiro atoms. The summed E-state index contributed by atoms with van der Waals surface area (Å²) in [5.74, 6) is 0.686. The van der Waals surface area contributed by atoms with Gasteiger partial charge in [-0.05, 0) is 54.0 Å². The van der Waals surface area contributed by atoms with E-state index in [9.17, 15) is 4.39 Å². The number of benzene rings is 1. The summed E-state index contributed by atoms with van der Waals surface area (Å²) in [6, 6.07) is 6.52. The van der Waals surface area contributed by atoms with Crippen LogP contribution in [-0.4, -0.2) is 5.67 Å². The maximum absolute atomic E-state index is 15.3. The standard InChI is InChI=1S/C21H26F2/c1-2-4-16-7-9-19(10-8-16)21(23)13-11-17(12-14-21)18-5-3-6-20(22)15-18/h3,5-6,11-13,15-16,19H,2,4,7-10,14H2,1H3. The molecule has 0 amide bonds. The molecule has 0 bridgehead atoms. The van der Waals surface area contributed by atoms with Gasteiger partial charge in [0.05, 0.1) is 0 Å². The molecule has 0 nitrogen and oxygen atoms in total. The van der Waals surface area contributed by atoms with E-state index in [1.807, 2.05) is 18.2 Å². The lowest BCUT2D eigenvalue weighted by Gasteiger charge is -2.37. The summed E-state index contributed by atoms with van der Waals surface area (Å²) in [6.07, 6.45) is 12.8. The van der Waals surface area contributed by atoms with Gasteiger partial charge in [0, 0.05) is 6.42 Å². The van der Waals surface area contributed by atoms with E-state index >= 15 is 4.39 Å². The minimum absolute atomic E-state index is 0.136. The Morgan fingerprint density at radius 3 is 2.57 bits per heavy atom. The number of allylic oxidation sites excluding steroid dienone is 4. The van der Waals surface area contributed by atoms with Crippen molar-refractivity contribution in [3.05, 3.63) is 53.9 Å². The van der Waals surface area contributed by atoms with Crippen LogP contribution in [0.4, 0.5) is 8.78 Å². The van der Waals surface area contributed by atoms with E-state index in [4.69, 9.17) is 0 Å². The highest BCUT2D eigenvalue weighted by Gasteiger charge is 2.39. The van der Waals surface area contributed by atoms with E-state index in [1.165, 1.54) is 37.8 Å². The van der Waals surface area contributed by atoms with Crippen molar-refractivity contribution in [3.63, 3.8) is 0 Å². The molecule has 1 unspecified atom stereocenters. The van der Waals surface area contributed by atoms with Crippen molar-refractivity contribution in [2.24, 2.45) is 11.8 Å². The van der Waals surface area contributed by atoms with Crippen molar-refractivity contribution in [1.82, 2.24) is 0 Å². The number of hydrogen-bond acceptors (Lipinski definition) is 0. The summed E-state index contributed by atoms with van der Waals surface area (Å²) >= 11 is 0. The van der Waals surface area contributed by atoms with E-state index in [0.29, 0.717) is 6.42 Å². The average molecular weight is 316 g/mol. The molecule has 2 aliphatic carbocycles. The Hall–Kier alpha value is -1.44. The first kappa shape index (κ1) is 16.4. The smallest absolute Gasteiger partial charge is 0.135 e. The molecule has 2 aliphatic rings. The zero-order valence-corrected chi connectivity index (χ0v) is 13.9. The van der Waals surface area contributed by atoms with E-state index in [-0.39, 0.29) is 11.7 Å². The van der Waals surface area contributed by atoms with Crippen LogP contribution in [0.2, 0.25) is 0 Å². The summed E-state index contributed by atoms with van der Waals surface area (Å²) in [5, 5.41) is 0. The van der Waals surface area contributed by atoms with Crippen molar-refractivity contribution in [3.8, 4) is 0 Å². The van der Waals surface area contributed by atoms with Crippen LogP contribution in [0.5, 0.6) is 0 Å². The maximum atomic E-state index is 15.3. The fraction of sp³-hybridized carbons (Fsp3) is 0.524. The van der Waals surface area contributed by atoms with Gasteiger partial charge in [0.25, 0.3) is 0 Å². The van der Waals surface area contributed by atoms with E-state index in [1.54, 1.807) is 12.1 Å². The summed E-state index contributed by atoms with van der Waals surface area (Å²) in [7, 11) is 0. The first-order chi connectivity index (χ1) is 11.1. The second-order valence-electron chi connectivity index (χ2n) is 7.14. The fourth-order valence-electron chi connectivity index (χ4n) is 4.15. The monoisotopic (exact) mass is 316 g/mol. The molecule has 124 valence electrons. The predicted octanol–water partition coefficient (Wildman–Crippen LogP) is 6.48. The highest BCUT2D eigenvalue weighted by atomic mass is 19.1. The van der Waals surface area contributed by atoms with Gasteiger partial charge in [0.2, 0.25) is 0 Å². The molecule has 0 aliphatic heterocycles.